The lowest BCUT2D eigenvalue weighted by Gasteiger charge is -2.36. The quantitative estimate of drug-likeness (QED) is 0.725. The summed E-state index contributed by atoms with van der Waals surface area (Å²) in [6.07, 6.45) is 1.63. The number of halogens is 1. The van der Waals surface area contributed by atoms with Gasteiger partial charge in [-0.3, -0.25) is 0 Å². The van der Waals surface area contributed by atoms with Crippen molar-refractivity contribution < 1.29 is 0 Å². The van der Waals surface area contributed by atoms with E-state index < -0.39 is 0 Å². The summed E-state index contributed by atoms with van der Waals surface area (Å²) in [4.78, 5) is 4.63. The van der Waals surface area contributed by atoms with Gasteiger partial charge in [0.2, 0.25) is 0 Å². The van der Waals surface area contributed by atoms with Crippen molar-refractivity contribution in [2.24, 2.45) is 0 Å². The maximum absolute atomic E-state index is 6.07. The van der Waals surface area contributed by atoms with Crippen LogP contribution in [0.25, 0.3) is 5.65 Å². The maximum atomic E-state index is 6.07. The Kier molecular flexibility index (Phi) is 3.31. The van der Waals surface area contributed by atoms with Gasteiger partial charge in [-0.2, -0.15) is 4.52 Å². The number of benzene rings is 1. The van der Waals surface area contributed by atoms with E-state index in [-0.39, 0.29) is 0 Å². The van der Waals surface area contributed by atoms with Gasteiger partial charge in [0, 0.05) is 36.9 Å². The third-order valence-electron chi connectivity index (χ3n) is 3.92. The van der Waals surface area contributed by atoms with Crippen LogP contribution in [0.5, 0.6) is 0 Å². The normalized spacial score (nSPS) is 15.5. The Morgan fingerprint density at radius 1 is 0.955 bits per heavy atom. The van der Waals surface area contributed by atoms with Gasteiger partial charge in [-0.25, -0.2) is 0 Å². The van der Waals surface area contributed by atoms with Gasteiger partial charge in [-0.15, -0.1) is 15.3 Å². The first-order chi connectivity index (χ1) is 10.8. The van der Waals surface area contributed by atoms with Gasteiger partial charge in [-0.1, -0.05) is 17.7 Å². The van der Waals surface area contributed by atoms with Crippen molar-refractivity contribution in [3.63, 3.8) is 0 Å². The minimum absolute atomic E-state index is 0.765. The van der Waals surface area contributed by atoms with E-state index in [9.17, 15) is 0 Å². The first-order valence-electron chi connectivity index (χ1n) is 7.22. The van der Waals surface area contributed by atoms with Crippen LogP contribution < -0.4 is 9.80 Å². The molecule has 22 heavy (non-hydrogen) atoms. The minimum atomic E-state index is 0.765. The molecule has 112 valence electrons. The van der Waals surface area contributed by atoms with Crippen molar-refractivity contribution in [3.8, 4) is 0 Å². The zero-order chi connectivity index (χ0) is 14.9. The number of fused-ring (bicyclic) bond motifs is 1. The second-order valence-corrected chi connectivity index (χ2v) is 5.72. The number of nitrogens with zero attached hydrogens (tertiary/aromatic N) is 6. The lowest BCUT2D eigenvalue weighted by atomic mass is 10.2. The highest BCUT2D eigenvalue weighted by molar-refractivity contribution is 6.30. The summed E-state index contributed by atoms with van der Waals surface area (Å²) >= 11 is 6.07. The third-order valence-corrected chi connectivity index (χ3v) is 4.16. The van der Waals surface area contributed by atoms with Crippen molar-refractivity contribution >= 4 is 28.8 Å². The third kappa shape index (κ3) is 2.46. The molecule has 1 aliphatic rings. The fourth-order valence-corrected chi connectivity index (χ4v) is 2.94. The van der Waals surface area contributed by atoms with E-state index in [1.54, 1.807) is 10.8 Å². The molecule has 1 fully saturated rings. The van der Waals surface area contributed by atoms with E-state index in [2.05, 4.69) is 31.2 Å². The predicted molar refractivity (Wildman–Crippen MR) is 86.7 cm³/mol. The van der Waals surface area contributed by atoms with E-state index in [1.807, 2.05) is 30.3 Å². The molecular weight excluding hydrogens is 300 g/mol. The van der Waals surface area contributed by atoms with Gasteiger partial charge >= 0.3 is 0 Å². The van der Waals surface area contributed by atoms with Gasteiger partial charge < -0.3 is 9.80 Å². The summed E-state index contributed by atoms with van der Waals surface area (Å²) in [5.74, 6) is 0.957. The summed E-state index contributed by atoms with van der Waals surface area (Å²) in [7, 11) is 0. The number of rotatable bonds is 2. The van der Waals surface area contributed by atoms with Crippen molar-refractivity contribution in [1.82, 2.24) is 19.8 Å². The highest BCUT2D eigenvalue weighted by Gasteiger charge is 2.19. The average Bonchev–Trinajstić information content (AvgIpc) is 3.02. The van der Waals surface area contributed by atoms with E-state index in [0.29, 0.717) is 0 Å². The van der Waals surface area contributed by atoms with Crippen molar-refractivity contribution in [2.45, 2.75) is 0 Å². The Bertz CT molecular complexity index is 793. The molecule has 6 nitrogen and oxygen atoms in total. The van der Waals surface area contributed by atoms with Gasteiger partial charge in [0.1, 0.15) is 12.1 Å². The molecule has 3 aromatic rings. The monoisotopic (exact) mass is 314 g/mol. The highest BCUT2D eigenvalue weighted by Crippen LogP contribution is 2.22. The zero-order valence-corrected chi connectivity index (χ0v) is 12.7. The van der Waals surface area contributed by atoms with E-state index in [0.717, 1.165) is 42.7 Å². The number of hydrogen-bond acceptors (Lipinski definition) is 5. The number of aromatic nitrogens is 4. The van der Waals surface area contributed by atoms with E-state index >= 15 is 0 Å². The molecule has 7 heteroatoms. The Hall–Kier alpha value is -2.34. The topological polar surface area (TPSA) is 49.6 Å². The molecule has 0 saturated carbocycles. The lowest BCUT2D eigenvalue weighted by molar-refractivity contribution is 0.641. The molecule has 2 aromatic heterocycles. The second-order valence-electron chi connectivity index (χ2n) is 5.28. The molecule has 0 radical (unpaired) electrons. The van der Waals surface area contributed by atoms with Crippen LogP contribution in [0.15, 0.2) is 42.7 Å². The Labute approximate surface area is 132 Å². The van der Waals surface area contributed by atoms with Crippen LogP contribution in [0.2, 0.25) is 5.02 Å². The van der Waals surface area contributed by atoms with Crippen molar-refractivity contribution in [3.05, 3.63) is 47.7 Å². The van der Waals surface area contributed by atoms with Crippen LogP contribution >= 0.6 is 11.6 Å². The molecule has 0 spiro atoms. The number of anilines is 2. The number of piperazine rings is 1. The van der Waals surface area contributed by atoms with Crippen molar-refractivity contribution in [1.29, 1.82) is 0 Å². The van der Waals surface area contributed by atoms with Gasteiger partial charge in [0.15, 0.2) is 5.65 Å². The van der Waals surface area contributed by atoms with E-state index in [4.69, 9.17) is 11.6 Å². The van der Waals surface area contributed by atoms with Crippen LogP contribution in [-0.4, -0.2) is 46.0 Å². The molecule has 1 saturated heterocycles. The largest absolute Gasteiger partial charge is 0.368 e. The molecule has 0 unspecified atom stereocenters. The van der Waals surface area contributed by atoms with Crippen molar-refractivity contribution in [2.75, 3.05) is 36.0 Å². The predicted octanol–water partition coefficient (Wildman–Crippen LogP) is 2.10. The fraction of sp³-hybridized carbons (Fsp3) is 0.267. The molecule has 0 N–H and O–H groups in total. The molecule has 4 rings (SSSR count). The first kappa shape index (κ1) is 13.3. The zero-order valence-electron chi connectivity index (χ0n) is 11.9. The maximum Gasteiger partial charge on any atom is 0.177 e. The molecule has 0 aliphatic carbocycles. The van der Waals surface area contributed by atoms with Crippen LogP contribution in [0, 0.1) is 0 Å². The molecule has 0 bridgehead atoms. The molecule has 1 aromatic carbocycles. The first-order valence-corrected chi connectivity index (χ1v) is 7.60. The van der Waals surface area contributed by atoms with Crippen LogP contribution in [-0.2, 0) is 0 Å². The lowest BCUT2D eigenvalue weighted by Crippen LogP contribution is -2.46. The average molecular weight is 315 g/mol. The highest BCUT2D eigenvalue weighted by atomic mass is 35.5. The molecular formula is C15H15ClN6. The standard InChI is InChI=1S/C15H15ClN6/c16-12-2-1-3-13(10-12)20-6-8-21(9-7-20)15-5-4-14-18-17-11-22(14)19-15/h1-5,10-11H,6-9H2. The summed E-state index contributed by atoms with van der Waals surface area (Å²) in [6, 6.07) is 11.9. The van der Waals surface area contributed by atoms with Gasteiger partial charge in [0.25, 0.3) is 0 Å². The Balaban J connectivity index is 1.49. The summed E-state index contributed by atoms with van der Waals surface area (Å²) in [5.41, 5.74) is 1.94. The minimum Gasteiger partial charge on any atom is -0.368 e. The van der Waals surface area contributed by atoms with Gasteiger partial charge in [-0.05, 0) is 30.3 Å². The summed E-state index contributed by atoms with van der Waals surface area (Å²) in [6.45, 7) is 3.74. The Morgan fingerprint density at radius 3 is 2.59 bits per heavy atom. The summed E-state index contributed by atoms with van der Waals surface area (Å²) < 4.78 is 1.71. The molecule has 3 heterocycles. The molecule has 1 aliphatic heterocycles. The fourth-order valence-electron chi connectivity index (χ4n) is 2.75. The van der Waals surface area contributed by atoms with Crippen LogP contribution in [0.1, 0.15) is 0 Å². The smallest absolute Gasteiger partial charge is 0.177 e. The Morgan fingerprint density at radius 2 is 1.77 bits per heavy atom. The van der Waals surface area contributed by atoms with E-state index in [1.165, 1.54) is 5.69 Å². The van der Waals surface area contributed by atoms with Crippen LogP contribution in [0.3, 0.4) is 0 Å². The molecule has 0 amide bonds. The SMILES string of the molecule is Clc1cccc(N2CCN(c3ccc4nncn4n3)CC2)c1. The second kappa shape index (κ2) is 5.46. The summed E-state index contributed by atoms with van der Waals surface area (Å²) in [5, 5.41) is 13.2. The van der Waals surface area contributed by atoms with Crippen LogP contribution in [0.4, 0.5) is 11.5 Å². The molecule has 0 atom stereocenters. The number of hydrogen-bond donors (Lipinski definition) is 0. The van der Waals surface area contributed by atoms with Gasteiger partial charge in [0.05, 0.1) is 0 Å².